The number of hydrogen-bond donors (Lipinski definition) is 1. The summed E-state index contributed by atoms with van der Waals surface area (Å²) in [5.41, 5.74) is 2.67. The topological polar surface area (TPSA) is 0 Å². The third-order valence-electron chi connectivity index (χ3n) is 2.19. The van der Waals surface area contributed by atoms with Crippen LogP contribution in [0.5, 0.6) is 0 Å². The molecular formula is C13H13KS. The van der Waals surface area contributed by atoms with E-state index in [-0.39, 0.29) is 52.8 Å². The molecule has 0 bridgehead atoms. The molecule has 0 fully saturated rings. The van der Waals surface area contributed by atoms with Crippen LogP contribution in [-0.4, -0.2) is 0 Å². The van der Waals surface area contributed by atoms with Gasteiger partial charge in [-0.15, -0.1) is 12.6 Å². The molecule has 0 N–H and O–H groups in total. The Hall–Kier alpha value is 0.426. The minimum Gasteiger partial charge on any atom is -1.00 e. The number of benzene rings is 2. The normalized spacial score (nSPS) is 9.40. The van der Waals surface area contributed by atoms with Crippen molar-refractivity contribution < 1.29 is 52.8 Å². The Morgan fingerprint density at radius 3 is 1.93 bits per heavy atom. The van der Waals surface area contributed by atoms with E-state index < -0.39 is 0 Å². The van der Waals surface area contributed by atoms with Crippen LogP contribution in [-0.2, 0) is 6.42 Å². The van der Waals surface area contributed by atoms with Gasteiger partial charge in [-0.1, -0.05) is 42.5 Å². The van der Waals surface area contributed by atoms with Crippen LogP contribution in [0.4, 0.5) is 0 Å². The summed E-state index contributed by atoms with van der Waals surface area (Å²) >= 11 is 4.26. The number of thiol groups is 1. The van der Waals surface area contributed by atoms with Gasteiger partial charge in [0.15, 0.2) is 0 Å². The summed E-state index contributed by atoms with van der Waals surface area (Å²) in [7, 11) is 0. The van der Waals surface area contributed by atoms with E-state index in [0.717, 1.165) is 11.3 Å². The van der Waals surface area contributed by atoms with E-state index in [1.165, 1.54) is 11.1 Å². The second-order valence-electron chi connectivity index (χ2n) is 3.33. The van der Waals surface area contributed by atoms with E-state index >= 15 is 0 Å². The molecule has 2 aromatic rings. The largest absolute Gasteiger partial charge is 1.00 e. The molecule has 0 spiro atoms. The first-order chi connectivity index (χ1) is 6.84. The van der Waals surface area contributed by atoms with Gasteiger partial charge >= 0.3 is 51.4 Å². The fraction of sp³-hybridized carbons (Fsp3) is 0.0769. The van der Waals surface area contributed by atoms with Crippen molar-refractivity contribution in [2.45, 2.75) is 11.3 Å². The molecule has 0 heterocycles. The zero-order valence-electron chi connectivity index (χ0n) is 9.85. The molecule has 0 aliphatic heterocycles. The van der Waals surface area contributed by atoms with Gasteiger partial charge in [-0.25, -0.2) is 0 Å². The molecule has 0 unspecified atom stereocenters. The van der Waals surface area contributed by atoms with Crippen molar-refractivity contribution in [2.75, 3.05) is 0 Å². The van der Waals surface area contributed by atoms with E-state index in [9.17, 15) is 0 Å². The van der Waals surface area contributed by atoms with Gasteiger partial charge in [0, 0.05) is 4.90 Å². The van der Waals surface area contributed by atoms with Crippen molar-refractivity contribution in [3.8, 4) is 0 Å². The average Bonchev–Trinajstić information content (AvgIpc) is 2.23. The van der Waals surface area contributed by atoms with Gasteiger partial charge in [-0.05, 0) is 29.7 Å². The first-order valence-corrected chi connectivity index (χ1v) is 5.11. The number of rotatable bonds is 2. The Kier molecular flexibility index (Phi) is 6.20. The first-order valence-electron chi connectivity index (χ1n) is 4.66. The smallest absolute Gasteiger partial charge is 1.00 e. The Bertz CT molecular complexity index is 400. The van der Waals surface area contributed by atoms with Gasteiger partial charge in [-0.2, -0.15) is 0 Å². The van der Waals surface area contributed by atoms with Gasteiger partial charge < -0.3 is 1.43 Å². The molecule has 0 nitrogen and oxygen atoms in total. The molecule has 0 saturated heterocycles. The maximum absolute atomic E-state index is 4.26. The monoisotopic (exact) mass is 240 g/mol. The molecule has 0 amide bonds. The molecule has 2 aromatic carbocycles. The van der Waals surface area contributed by atoms with Crippen LogP contribution in [0, 0.1) is 0 Å². The molecule has 0 aliphatic carbocycles. The summed E-state index contributed by atoms with van der Waals surface area (Å²) in [6.07, 6.45) is 0.995. The summed E-state index contributed by atoms with van der Waals surface area (Å²) in [6, 6.07) is 18.8. The summed E-state index contributed by atoms with van der Waals surface area (Å²) in [5, 5.41) is 0. The minimum absolute atomic E-state index is 0. The van der Waals surface area contributed by atoms with Crippen LogP contribution >= 0.6 is 12.6 Å². The van der Waals surface area contributed by atoms with Gasteiger partial charge in [0.1, 0.15) is 0 Å². The summed E-state index contributed by atoms with van der Waals surface area (Å²) < 4.78 is 0. The summed E-state index contributed by atoms with van der Waals surface area (Å²) in [6.45, 7) is 0. The second kappa shape index (κ2) is 6.89. The van der Waals surface area contributed by atoms with E-state index in [0.29, 0.717) is 0 Å². The zero-order chi connectivity index (χ0) is 9.80. The Balaban J connectivity index is 0.00000112. The fourth-order valence-corrected chi connectivity index (χ4v) is 1.59. The maximum atomic E-state index is 4.26. The van der Waals surface area contributed by atoms with Crippen molar-refractivity contribution in [1.82, 2.24) is 0 Å². The van der Waals surface area contributed by atoms with E-state index in [1.807, 2.05) is 18.2 Å². The minimum atomic E-state index is 0. The van der Waals surface area contributed by atoms with E-state index in [2.05, 4.69) is 49.0 Å². The van der Waals surface area contributed by atoms with Crippen LogP contribution in [0.25, 0.3) is 0 Å². The Labute approximate surface area is 140 Å². The van der Waals surface area contributed by atoms with Crippen molar-refractivity contribution in [3.63, 3.8) is 0 Å². The molecule has 0 aliphatic rings. The maximum Gasteiger partial charge on any atom is 1.00 e. The van der Waals surface area contributed by atoms with Gasteiger partial charge in [0.2, 0.25) is 0 Å². The molecule has 0 saturated carbocycles. The van der Waals surface area contributed by atoms with Crippen LogP contribution in [0.1, 0.15) is 12.6 Å². The zero-order valence-corrected chi connectivity index (χ0v) is 12.9. The standard InChI is InChI=1S/C13H12S.K.H/c14-13-8-6-12(7-9-13)10-11-4-2-1-3-5-11;;/h1-9,14H,10H2;;/q;+1;-1. The molecular weight excluding hydrogens is 227 g/mol. The quantitative estimate of drug-likeness (QED) is 0.579. The van der Waals surface area contributed by atoms with Crippen molar-refractivity contribution >= 4 is 12.6 Å². The van der Waals surface area contributed by atoms with E-state index in [1.54, 1.807) is 0 Å². The molecule has 72 valence electrons. The van der Waals surface area contributed by atoms with Gasteiger partial charge in [0.25, 0.3) is 0 Å². The average molecular weight is 240 g/mol. The van der Waals surface area contributed by atoms with Gasteiger partial charge in [0.05, 0.1) is 0 Å². The van der Waals surface area contributed by atoms with Crippen LogP contribution in [0.3, 0.4) is 0 Å². The molecule has 0 atom stereocenters. The predicted molar refractivity (Wildman–Crippen MR) is 64.1 cm³/mol. The van der Waals surface area contributed by atoms with Crippen molar-refractivity contribution in [2.24, 2.45) is 0 Å². The van der Waals surface area contributed by atoms with Crippen molar-refractivity contribution in [3.05, 3.63) is 65.7 Å². The van der Waals surface area contributed by atoms with Gasteiger partial charge in [-0.3, -0.25) is 0 Å². The SMILES string of the molecule is Sc1ccc(Cc2ccccc2)cc1.[H-].[K+]. The molecule has 2 rings (SSSR count). The summed E-state index contributed by atoms with van der Waals surface area (Å²) in [5.74, 6) is 0. The van der Waals surface area contributed by atoms with Crippen LogP contribution in [0.2, 0.25) is 0 Å². The van der Waals surface area contributed by atoms with Crippen LogP contribution in [0.15, 0.2) is 59.5 Å². The number of hydrogen-bond acceptors (Lipinski definition) is 1. The molecule has 2 heteroatoms. The second-order valence-corrected chi connectivity index (χ2v) is 3.85. The third-order valence-corrected chi connectivity index (χ3v) is 2.49. The van der Waals surface area contributed by atoms with Crippen LogP contribution < -0.4 is 51.4 Å². The van der Waals surface area contributed by atoms with E-state index in [4.69, 9.17) is 0 Å². The van der Waals surface area contributed by atoms with Crippen molar-refractivity contribution in [1.29, 1.82) is 0 Å². The summed E-state index contributed by atoms with van der Waals surface area (Å²) in [4.78, 5) is 1.02. The Morgan fingerprint density at radius 2 is 1.33 bits per heavy atom. The third kappa shape index (κ3) is 4.43. The first kappa shape index (κ1) is 13.5. The Morgan fingerprint density at radius 1 is 0.800 bits per heavy atom. The molecule has 0 aromatic heterocycles. The molecule has 15 heavy (non-hydrogen) atoms. The molecule has 0 radical (unpaired) electrons. The fourth-order valence-electron chi connectivity index (χ4n) is 1.45. The predicted octanol–water partition coefficient (Wildman–Crippen LogP) is 0.683.